The summed E-state index contributed by atoms with van der Waals surface area (Å²) in [4.78, 5) is 4.41. The second-order valence-electron chi connectivity index (χ2n) is 5.14. The summed E-state index contributed by atoms with van der Waals surface area (Å²) in [5.41, 5.74) is 0.992. The van der Waals surface area contributed by atoms with Gasteiger partial charge in [-0.3, -0.25) is 4.99 Å². The molecule has 1 aromatic heterocycles. The number of benzene rings is 1. The number of aliphatic hydroxyl groups is 1. The van der Waals surface area contributed by atoms with Crippen LogP contribution in [-0.4, -0.2) is 24.2 Å². The third kappa shape index (κ3) is 5.99. The molecule has 0 aliphatic heterocycles. The van der Waals surface area contributed by atoms with Crippen molar-refractivity contribution in [3.8, 4) is 0 Å². The fraction of sp³-hybridized carbons (Fsp3) is 0.353. The maximum atomic E-state index is 10.0. The summed E-state index contributed by atoms with van der Waals surface area (Å²) in [6, 6.07) is 11.1. The standard InChI is InChI=1S/C17H22ClN3O2.HI/c1-3-19-17(20-11-15(22)16-9-6-10-23-16)21-12(2)13-7-4-5-8-14(13)18;/h4-10,12,15,22H,3,11H2,1-2H3,(H2,19,20,21);1H. The Hall–Kier alpha value is -1.25. The normalized spacial score (nSPS) is 13.8. The third-order valence-corrected chi connectivity index (χ3v) is 3.71. The van der Waals surface area contributed by atoms with E-state index in [0.29, 0.717) is 16.7 Å². The van der Waals surface area contributed by atoms with E-state index in [2.05, 4.69) is 15.6 Å². The van der Waals surface area contributed by atoms with Gasteiger partial charge in [0.1, 0.15) is 11.9 Å². The molecule has 1 heterocycles. The molecular formula is C17H23ClIN3O2. The molecule has 24 heavy (non-hydrogen) atoms. The smallest absolute Gasteiger partial charge is 0.191 e. The van der Waals surface area contributed by atoms with Crippen LogP contribution in [0.2, 0.25) is 5.02 Å². The van der Waals surface area contributed by atoms with Crippen molar-refractivity contribution >= 4 is 41.5 Å². The van der Waals surface area contributed by atoms with Gasteiger partial charge in [0.15, 0.2) is 5.96 Å². The molecule has 0 amide bonds. The zero-order valence-corrected chi connectivity index (χ0v) is 16.8. The average Bonchev–Trinajstić information content (AvgIpc) is 3.07. The number of furan rings is 1. The minimum Gasteiger partial charge on any atom is -0.467 e. The minimum absolute atomic E-state index is 0. The van der Waals surface area contributed by atoms with Crippen molar-refractivity contribution in [3.63, 3.8) is 0 Å². The summed E-state index contributed by atoms with van der Waals surface area (Å²) in [6.45, 7) is 4.92. The fourth-order valence-corrected chi connectivity index (χ4v) is 2.48. The Labute approximate surface area is 164 Å². The molecule has 7 heteroatoms. The van der Waals surface area contributed by atoms with Gasteiger partial charge in [0.2, 0.25) is 0 Å². The highest BCUT2D eigenvalue weighted by Crippen LogP contribution is 2.22. The molecule has 0 aliphatic rings. The van der Waals surface area contributed by atoms with Gasteiger partial charge >= 0.3 is 0 Å². The number of halogens is 2. The number of guanidine groups is 1. The Morgan fingerprint density at radius 1 is 1.29 bits per heavy atom. The van der Waals surface area contributed by atoms with Crippen LogP contribution in [0.1, 0.15) is 37.3 Å². The van der Waals surface area contributed by atoms with E-state index < -0.39 is 6.10 Å². The maximum absolute atomic E-state index is 10.0. The van der Waals surface area contributed by atoms with Crippen molar-refractivity contribution in [2.75, 3.05) is 13.1 Å². The average molecular weight is 464 g/mol. The highest BCUT2D eigenvalue weighted by atomic mass is 127. The zero-order valence-electron chi connectivity index (χ0n) is 13.7. The van der Waals surface area contributed by atoms with Gasteiger partial charge in [-0.2, -0.15) is 0 Å². The molecule has 0 bridgehead atoms. The van der Waals surface area contributed by atoms with Crippen LogP contribution in [-0.2, 0) is 0 Å². The number of nitrogens with zero attached hydrogens (tertiary/aromatic N) is 1. The largest absolute Gasteiger partial charge is 0.467 e. The first kappa shape index (κ1) is 20.8. The number of nitrogens with one attached hydrogen (secondary N) is 2. The highest BCUT2D eigenvalue weighted by Gasteiger charge is 2.13. The van der Waals surface area contributed by atoms with E-state index in [9.17, 15) is 5.11 Å². The molecule has 0 spiro atoms. The van der Waals surface area contributed by atoms with Crippen LogP contribution in [0.4, 0.5) is 0 Å². The van der Waals surface area contributed by atoms with E-state index in [4.69, 9.17) is 16.0 Å². The molecular weight excluding hydrogens is 441 g/mol. The topological polar surface area (TPSA) is 69.8 Å². The number of aliphatic imine (C=N–C) groups is 1. The third-order valence-electron chi connectivity index (χ3n) is 3.36. The predicted octanol–water partition coefficient (Wildman–Crippen LogP) is 3.90. The van der Waals surface area contributed by atoms with Crippen molar-refractivity contribution in [2.24, 2.45) is 4.99 Å². The summed E-state index contributed by atoms with van der Waals surface area (Å²) in [6.07, 6.45) is 0.765. The van der Waals surface area contributed by atoms with Gasteiger partial charge in [0.25, 0.3) is 0 Å². The van der Waals surface area contributed by atoms with E-state index in [1.807, 2.05) is 38.1 Å². The number of aliphatic hydroxyl groups excluding tert-OH is 1. The first-order chi connectivity index (χ1) is 11.1. The number of hydrogen-bond acceptors (Lipinski definition) is 3. The molecule has 2 atom stereocenters. The first-order valence-electron chi connectivity index (χ1n) is 7.62. The van der Waals surface area contributed by atoms with E-state index >= 15 is 0 Å². The Kier molecular flexibility index (Phi) is 9.17. The van der Waals surface area contributed by atoms with Crippen LogP contribution in [0.5, 0.6) is 0 Å². The number of hydrogen-bond donors (Lipinski definition) is 3. The molecule has 1 aromatic carbocycles. The van der Waals surface area contributed by atoms with E-state index in [1.165, 1.54) is 6.26 Å². The van der Waals surface area contributed by atoms with Gasteiger partial charge < -0.3 is 20.2 Å². The second kappa shape index (κ2) is 10.6. The molecule has 5 nitrogen and oxygen atoms in total. The van der Waals surface area contributed by atoms with Crippen molar-refractivity contribution in [1.29, 1.82) is 0 Å². The fourth-order valence-electron chi connectivity index (χ4n) is 2.18. The molecule has 0 aliphatic carbocycles. The van der Waals surface area contributed by atoms with Crippen LogP contribution in [0.25, 0.3) is 0 Å². The maximum Gasteiger partial charge on any atom is 0.191 e. The summed E-state index contributed by atoms with van der Waals surface area (Å²) >= 11 is 6.22. The monoisotopic (exact) mass is 463 g/mol. The van der Waals surface area contributed by atoms with Gasteiger partial charge in [0, 0.05) is 11.6 Å². The highest BCUT2D eigenvalue weighted by molar-refractivity contribution is 14.0. The van der Waals surface area contributed by atoms with Crippen LogP contribution in [0.3, 0.4) is 0 Å². The van der Waals surface area contributed by atoms with Crippen LogP contribution in [0, 0.1) is 0 Å². The summed E-state index contributed by atoms with van der Waals surface area (Å²) < 4.78 is 5.18. The SMILES string of the molecule is CCNC(=NCC(O)c1ccco1)NC(C)c1ccccc1Cl.I. The number of rotatable bonds is 6. The molecule has 2 aromatic rings. The van der Waals surface area contributed by atoms with Gasteiger partial charge in [-0.25, -0.2) is 0 Å². The van der Waals surface area contributed by atoms with Crippen molar-refractivity contribution in [2.45, 2.75) is 26.0 Å². The minimum atomic E-state index is -0.768. The van der Waals surface area contributed by atoms with Crippen molar-refractivity contribution in [1.82, 2.24) is 10.6 Å². The lowest BCUT2D eigenvalue weighted by Crippen LogP contribution is -2.39. The van der Waals surface area contributed by atoms with Crippen LogP contribution < -0.4 is 10.6 Å². The summed E-state index contributed by atoms with van der Waals surface area (Å²) in [5, 5.41) is 17.2. The first-order valence-corrected chi connectivity index (χ1v) is 8.00. The van der Waals surface area contributed by atoms with Gasteiger partial charge in [-0.15, -0.1) is 24.0 Å². The molecule has 0 fully saturated rings. The summed E-state index contributed by atoms with van der Waals surface area (Å²) in [7, 11) is 0. The Morgan fingerprint density at radius 3 is 2.67 bits per heavy atom. The van der Waals surface area contributed by atoms with E-state index in [-0.39, 0.29) is 36.6 Å². The second-order valence-corrected chi connectivity index (χ2v) is 5.55. The Balaban J connectivity index is 0.00000288. The van der Waals surface area contributed by atoms with Crippen LogP contribution in [0.15, 0.2) is 52.1 Å². The predicted molar refractivity (Wildman–Crippen MR) is 108 cm³/mol. The summed E-state index contributed by atoms with van der Waals surface area (Å²) in [5.74, 6) is 1.12. The molecule has 3 N–H and O–H groups in total. The molecule has 0 saturated heterocycles. The molecule has 0 radical (unpaired) electrons. The lowest BCUT2D eigenvalue weighted by Gasteiger charge is -2.19. The van der Waals surface area contributed by atoms with Crippen LogP contribution >= 0.6 is 35.6 Å². The van der Waals surface area contributed by atoms with E-state index in [1.54, 1.807) is 12.1 Å². The van der Waals surface area contributed by atoms with E-state index in [0.717, 1.165) is 12.1 Å². The lowest BCUT2D eigenvalue weighted by molar-refractivity contribution is 0.158. The lowest BCUT2D eigenvalue weighted by atomic mass is 10.1. The van der Waals surface area contributed by atoms with Crippen molar-refractivity contribution in [3.05, 3.63) is 59.0 Å². The Morgan fingerprint density at radius 2 is 2.04 bits per heavy atom. The quantitative estimate of drug-likeness (QED) is 0.345. The Bertz CT molecular complexity index is 635. The van der Waals surface area contributed by atoms with Gasteiger partial charge in [0.05, 0.1) is 18.8 Å². The van der Waals surface area contributed by atoms with Crippen molar-refractivity contribution < 1.29 is 9.52 Å². The molecule has 0 saturated carbocycles. The molecule has 2 unspecified atom stereocenters. The zero-order chi connectivity index (χ0) is 16.7. The molecule has 132 valence electrons. The van der Waals surface area contributed by atoms with Gasteiger partial charge in [-0.05, 0) is 37.6 Å². The molecule has 2 rings (SSSR count). The van der Waals surface area contributed by atoms with Gasteiger partial charge in [-0.1, -0.05) is 29.8 Å².